The van der Waals surface area contributed by atoms with Gasteiger partial charge >= 0.3 is 5.97 Å². The molecule has 0 saturated carbocycles. The average molecular weight is 342 g/mol. The van der Waals surface area contributed by atoms with E-state index in [4.69, 9.17) is 9.84 Å². The summed E-state index contributed by atoms with van der Waals surface area (Å²) in [5, 5.41) is 11.2. The van der Waals surface area contributed by atoms with E-state index in [0.717, 1.165) is 0 Å². The zero-order chi connectivity index (χ0) is 16.5. The van der Waals surface area contributed by atoms with Gasteiger partial charge in [0.25, 0.3) is 0 Å². The third kappa shape index (κ3) is 8.24. The minimum atomic E-state index is -3.56. The van der Waals surface area contributed by atoms with E-state index in [2.05, 4.69) is 10.0 Å². The molecule has 0 aliphatic carbocycles. The molecule has 0 spiro atoms. The quantitative estimate of drug-likeness (QED) is 0.452. The molecule has 0 rings (SSSR count). The van der Waals surface area contributed by atoms with E-state index in [1.54, 1.807) is 0 Å². The third-order valence-corrected chi connectivity index (χ3v) is 4.62. The first kappa shape index (κ1) is 20.2. The smallest absolute Gasteiger partial charge is 0.328 e. The Balaban J connectivity index is 4.88. The molecule has 10 heteroatoms. The Morgan fingerprint density at radius 3 is 2.38 bits per heavy atom. The highest BCUT2D eigenvalue weighted by atomic mass is 32.2. The number of nitrogens with one attached hydrogen (secondary N) is 2. The summed E-state index contributed by atoms with van der Waals surface area (Å²) < 4.78 is 30.2. The Morgan fingerprint density at radius 1 is 1.33 bits per heavy atom. The first-order valence-electron chi connectivity index (χ1n) is 6.28. The third-order valence-electron chi connectivity index (χ3n) is 2.58. The predicted molar refractivity (Wildman–Crippen MR) is 80.8 cm³/mol. The van der Waals surface area contributed by atoms with Gasteiger partial charge < -0.3 is 15.2 Å². The Kier molecular flexibility index (Phi) is 9.58. The summed E-state index contributed by atoms with van der Waals surface area (Å²) in [6, 6.07) is -2.22. The molecule has 1 amide bonds. The molecule has 0 aliphatic rings. The lowest BCUT2D eigenvalue weighted by atomic mass is 10.2. The Morgan fingerprint density at radius 2 is 1.95 bits per heavy atom. The second kappa shape index (κ2) is 9.98. The molecule has 0 bridgehead atoms. The average Bonchev–Trinajstić information content (AvgIpc) is 2.42. The summed E-state index contributed by atoms with van der Waals surface area (Å²) in [7, 11) is -2.25. The van der Waals surface area contributed by atoms with Crippen LogP contribution in [0.3, 0.4) is 0 Å². The van der Waals surface area contributed by atoms with Crippen LogP contribution in [0.25, 0.3) is 0 Å². The van der Waals surface area contributed by atoms with Gasteiger partial charge in [-0.15, -0.1) is 0 Å². The largest absolute Gasteiger partial charge is 0.480 e. The molecular formula is C11H22N2O6S2. The molecule has 0 aromatic rings. The Labute approximate surface area is 129 Å². The summed E-state index contributed by atoms with van der Waals surface area (Å²) in [6.07, 6.45) is 2.10. The Hall–Kier alpha value is -0.840. The van der Waals surface area contributed by atoms with Gasteiger partial charge in [0, 0.05) is 7.11 Å². The lowest BCUT2D eigenvalue weighted by molar-refractivity contribution is -0.143. The van der Waals surface area contributed by atoms with E-state index in [-0.39, 0.29) is 18.8 Å². The van der Waals surface area contributed by atoms with Crippen molar-refractivity contribution in [1.82, 2.24) is 10.0 Å². The summed E-state index contributed by atoms with van der Waals surface area (Å²) in [6.45, 7) is 1.26. The van der Waals surface area contributed by atoms with Crippen molar-refractivity contribution in [1.29, 1.82) is 0 Å². The van der Waals surface area contributed by atoms with Gasteiger partial charge in [0.05, 0.1) is 12.4 Å². The monoisotopic (exact) mass is 342 g/mol. The molecule has 124 valence electrons. The van der Waals surface area contributed by atoms with Crippen molar-refractivity contribution in [2.75, 3.05) is 31.5 Å². The van der Waals surface area contributed by atoms with Crippen molar-refractivity contribution in [3.05, 3.63) is 0 Å². The second-order valence-corrected chi connectivity index (χ2v) is 7.24. The van der Waals surface area contributed by atoms with Gasteiger partial charge in [0.15, 0.2) is 6.04 Å². The number of carbonyl (C=O) groups is 2. The van der Waals surface area contributed by atoms with Crippen LogP contribution < -0.4 is 10.0 Å². The summed E-state index contributed by atoms with van der Waals surface area (Å²) >= 11 is 1.46. The highest BCUT2D eigenvalue weighted by Gasteiger charge is 2.27. The maximum atomic E-state index is 12.1. The van der Waals surface area contributed by atoms with E-state index < -0.39 is 34.0 Å². The fourth-order valence-electron chi connectivity index (χ4n) is 1.39. The second-order valence-electron chi connectivity index (χ2n) is 4.21. The molecule has 0 radical (unpaired) electrons. The van der Waals surface area contributed by atoms with Crippen molar-refractivity contribution in [3.63, 3.8) is 0 Å². The highest BCUT2D eigenvalue weighted by Crippen LogP contribution is 2.04. The SMILES string of the molecule is CCS(=O)(=O)NC(CCSC)C(=O)NC(COC)C(=O)O. The van der Waals surface area contributed by atoms with Crippen LogP contribution in [0.15, 0.2) is 0 Å². The first-order valence-corrected chi connectivity index (χ1v) is 9.33. The van der Waals surface area contributed by atoms with Crippen LogP contribution in [0.2, 0.25) is 0 Å². The molecule has 2 unspecified atom stereocenters. The van der Waals surface area contributed by atoms with E-state index in [1.807, 2.05) is 6.26 Å². The molecular weight excluding hydrogens is 320 g/mol. The molecule has 21 heavy (non-hydrogen) atoms. The van der Waals surface area contributed by atoms with Crippen LogP contribution in [0.4, 0.5) is 0 Å². The van der Waals surface area contributed by atoms with Crippen LogP contribution in [0, 0.1) is 0 Å². The number of carboxylic acids is 1. The van der Waals surface area contributed by atoms with Crippen LogP contribution in [-0.4, -0.2) is 69.0 Å². The van der Waals surface area contributed by atoms with Gasteiger partial charge in [-0.2, -0.15) is 11.8 Å². The number of thioether (sulfide) groups is 1. The molecule has 0 aromatic heterocycles. The first-order chi connectivity index (χ1) is 9.77. The van der Waals surface area contributed by atoms with Crippen molar-refractivity contribution >= 4 is 33.7 Å². The highest BCUT2D eigenvalue weighted by molar-refractivity contribution is 7.98. The minimum Gasteiger partial charge on any atom is -0.480 e. The van der Waals surface area contributed by atoms with Gasteiger partial charge in [-0.25, -0.2) is 17.9 Å². The lowest BCUT2D eigenvalue weighted by Crippen LogP contribution is -2.53. The molecule has 3 N–H and O–H groups in total. The summed E-state index contributed by atoms with van der Waals surface area (Å²) in [5.41, 5.74) is 0. The topological polar surface area (TPSA) is 122 Å². The zero-order valence-corrected chi connectivity index (χ0v) is 13.9. The number of aliphatic carboxylic acids is 1. The maximum Gasteiger partial charge on any atom is 0.328 e. The van der Waals surface area contributed by atoms with Crippen LogP contribution >= 0.6 is 11.8 Å². The van der Waals surface area contributed by atoms with Crippen molar-refractivity contribution in [3.8, 4) is 0 Å². The van der Waals surface area contributed by atoms with Crippen molar-refractivity contribution < 1.29 is 27.9 Å². The maximum absolute atomic E-state index is 12.1. The molecule has 0 aromatic carbocycles. The van der Waals surface area contributed by atoms with Gasteiger partial charge in [-0.05, 0) is 25.4 Å². The standard InChI is InChI=1S/C11H22N2O6S2/c1-4-21(17,18)13-8(5-6-20-3)10(14)12-9(7-19-2)11(15)16/h8-9,13H,4-7H2,1-3H3,(H,12,14)(H,15,16). The number of carboxylic acid groups (broad SMARTS) is 1. The van der Waals surface area contributed by atoms with Crippen LogP contribution in [-0.2, 0) is 24.3 Å². The number of sulfonamides is 1. The molecule has 0 saturated heterocycles. The number of hydrogen-bond donors (Lipinski definition) is 3. The number of methoxy groups -OCH3 is 1. The summed E-state index contributed by atoms with van der Waals surface area (Å²) in [4.78, 5) is 23.0. The lowest BCUT2D eigenvalue weighted by Gasteiger charge is -2.20. The molecule has 0 aliphatic heterocycles. The summed E-state index contributed by atoms with van der Waals surface area (Å²) in [5.74, 6) is -1.51. The van der Waals surface area contributed by atoms with Crippen LogP contribution in [0.1, 0.15) is 13.3 Å². The molecule has 0 heterocycles. The predicted octanol–water partition coefficient (Wildman–Crippen LogP) is -0.737. The van der Waals surface area contributed by atoms with Crippen molar-refractivity contribution in [2.24, 2.45) is 0 Å². The van der Waals surface area contributed by atoms with Gasteiger partial charge in [0.1, 0.15) is 6.04 Å². The zero-order valence-electron chi connectivity index (χ0n) is 12.3. The van der Waals surface area contributed by atoms with Gasteiger partial charge in [0.2, 0.25) is 15.9 Å². The number of carbonyl (C=O) groups excluding carboxylic acids is 1. The molecule has 8 nitrogen and oxygen atoms in total. The van der Waals surface area contributed by atoms with Gasteiger partial charge in [-0.1, -0.05) is 0 Å². The van der Waals surface area contributed by atoms with E-state index in [0.29, 0.717) is 5.75 Å². The fourth-order valence-corrected chi connectivity index (χ4v) is 2.69. The van der Waals surface area contributed by atoms with Gasteiger partial charge in [-0.3, -0.25) is 4.79 Å². The Bertz CT molecular complexity index is 440. The van der Waals surface area contributed by atoms with E-state index in [9.17, 15) is 18.0 Å². The number of amides is 1. The van der Waals surface area contributed by atoms with E-state index in [1.165, 1.54) is 25.8 Å². The van der Waals surface area contributed by atoms with E-state index >= 15 is 0 Å². The van der Waals surface area contributed by atoms with Crippen molar-refractivity contribution in [2.45, 2.75) is 25.4 Å². The molecule has 0 fully saturated rings. The number of hydrogen-bond acceptors (Lipinski definition) is 6. The minimum absolute atomic E-state index is 0.156. The normalized spacial score (nSPS) is 14.4. The fraction of sp³-hybridized carbons (Fsp3) is 0.818. The van der Waals surface area contributed by atoms with Crippen LogP contribution in [0.5, 0.6) is 0 Å². The number of ether oxygens (including phenoxy) is 1. The number of rotatable bonds is 11. The molecule has 2 atom stereocenters.